The van der Waals surface area contributed by atoms with Gasteiger partial charge in [-0.2, -0.15) is 0 Å². The lowest BCUT2D eigenvalue weighted by molar-refractivity contribution is 0.0931. The van der Waals surface area contributed by atoms with Crippen molar-refractivity contribution >= 4 is 16.8 Å². The maximum absolute atomic E-state index is 12.7. The van der Waals surface area contributed by atoms with E-state index in [4.69, 9.17) is 0 Å². The summed E-state index contributed by atoms with van der Waals surface area (Å²) < 4.78 is 0. The van der Waals surface area contributed by atoms with Crippen LogP contribution in [0, 0.1) is 0 Å². The molecule has 0 saturated heterocycles. The predicted octanol–water partition coefficient (Wildman–Crippen LogP) is 2.02. The molecule has 25 heavy (non-hydrogen) atoms. The van der Waals surface area contributed by atoms with Gasteiger partial charge in [0.25, 0.3) is 5.91 Å². The zero-order valence-electron chi connectivity index (χ0n) is 13.5. The highest BCUT2D eigenvalue weighted by Gasteiger charge is 2.24. The number of pyridine rings is 2. The molecule has 2 heterocycles. The molecule has 0 spiro atoms. The number of carbonyl (C=O) groups is 1. The minimum absolute atomic E-state index is 0.0928. The molecule has 0 saturated carbocycles. The van der Waals surface area contributed by atoms with Gasteiger partial charge in [0.2, 0.25) is 11.0 Å². The van der Waals surface area contributed by atoms with Crippen LogP contribution < -0.4 is 16.3 Å². The van der Waals surface area contributed by atoms with Crippen LogP contribution in [0.5, 0.6) is 0 Å². The summed E-state index contributed by atoms with van der Waals surface area (Å²) in [5, 5.41) is 3.42. The Kier molecular flexibility index (Phi) is 3.72. The van der Waals surface area contributed by atoms with Crippen molar-refractivity contribution in [2.75, 3.05) is 0 Å². The van der Waals surface area contributed by atoms with Crippen molar-refractivity contribution in [2.45, 2.75) is 25.3 Å². The van der Waals surface area contributed by atoms with Gasteiger partial charge in [-0.1, -0.05) is 12.1 Å². The lowest BCUT2D eigenvalue weighted by atomic mass is 9.91. The number of para-hydroxylation sites is 1. The number of hydrogen-bond donors (Lipinski definition) is 3. The Morgan fingerprint density at radius 3 is 2.84 bits per heavy atom. The number of fused-ring (bicyclic) bond motifs is 2. The second-order valence-electron chi connectivity index (χ2n) is 6.25. The Labute approximate surface area is 142 Å². The molecule has 3 N–H and O–H groups in total. The highest BCUT2D eigenvalue weighted by molar-refractivity contribution is 5.97. The molecule has 3 aromatic rings. The van der Waals surface area contributed by atoms with Gasteiger partial charge in [0.05, 0.1) is 6.04 Å². The van der Waals surface area contributed by atoms with Crippen LogP contribution in [-0.4, -0.2) is 15.9 Å². The topological polar surface area (TPSA) is 94.8 Å². The summed E-state index contributed by atoms with van der Waals surface area (Å²) in [7, 11) is 0. The normalized spacial score (nSPS) is 16.4. The first kappa shape index (κ1) is 15.4. The SMILES string of the molecule is O=C(N[C@@H]1CCCc2[nH]c(=O)ccc21)c1c[nH]c2ccccc2c1=O. The van der Waals surface area contributed by atoms with Crippen LogP contribution in [0.25, 0.3) is 10.9 Å². The molecule has 0 bridgehead atoms. The maximum Gasteiger partial charge on any atom is 0.257 e. The summed E-state index contributed by atoms with van der Waals surface area (Å²) in [5.74, 6) is -0.406. The number of carbonyl (C=O) groups excluding carboxylic acids is 1. The van der Waals surface area contributed by atoms with E-state index in [0.29, 0.717) is 10.9 Å². The number of aromatic amines is 2. The van der Waals surface area contributed by atoms with Gasteiger partial charge in [-0.3, -0.25) is 14.4 Å². The van der Waals surface area contributed by atoms with Crippen molar-refractivity contribution in [2.24, 2.45) is 0 Å². The van der Waals surface area contributed by atoms with Crippen molar-refractivity contribution in [3.63, 3.8) is 0 Å². The van der Waals surface area contributed by atoms with Gasteiger partial charge < -0.3 is 15.3 Å². The van der Waals surface area contributed by atoms with Gasteiger partial charge in [-0.15, -0.1) is 0 Å². The zero-order valence-corrected chi connectivity index (χ0v) is 13.5. The molecule has 1 aliphatic rings. The molecule has 0 aliphatic heterocycles. The summed E-state index contributed by atoms with van der Waals surface area (Å²) >= 11 is 0. The van der Waals surface area contributed by atoms with E-state index in [0.717, 1.165) is 30.5 Å². The van der Waals surface area contributed by atoms with Crippen LogP contribution >= 0.6 is 0 Å². The number of hydrogen-bond acceptors (Lipinski definition) is 3. The van der Waals surface area contributed by atoms with Gasteiger partial charge in [0.1, 0.15) is 5.56 Å². The Morgan fingerprint density at radius 2 is 1.96 bits per heavy atom. The average molecular weight is 335 g/mol. The van der Waals surface area contributed by atoms with Crippen LogP contribution in [0.1, 0.15) is 40.5 Å². The number of nitrogens with one attached hydrogen (secondary N) is 3. The zero-order chi connectivity index (χ0) is 17.4. The monoisotopic (exact) mass is 335 g/mol. The molecule has 6 heteroatoms. The molecule has 0 unspecified atom stereocenters. The fraction of sp³-hybridized carbons (Fsp3) is 0.211. The molecule has 1 aliphatic carbocycles. The number of aromatic nitrogens is 2. The van der Waals surface area contributed by atoms with Crippen molar-refractivity contribution in [1.29, 1.82) is 0 Å². The van der Waals surface area contributed by atoms with Crippen LogP contribution in [0.15, 0.2) is 52.2 Å². The molecule has 1 amide bonds. The summed E-state index contributed by atoms with van der Waals surface area (Å²) in [5.41, 5.74) is 2.13. The smallest absolute Gasteiger partial charge is 0.257 e. The molecular formula is C19H17N3O3. The second kappa shape index (κ2) is 6.05. The van der Waals surface area contributed by atoms with E-state index in [1.165, 1.54) is 12.3 Å². The third-order valence-electron chi connectivity index (χ3n) is 4.67. The van der Waals surface area contributed by atoms with Gasteiger partial charge in [0, 0.05) is 28.9 Å². The van der Waals surface area contributed by atoms with Crippen molar-refractivity contribution in [1.82, 2.24) is 15.3 Å². The maximum atomic E-state index is 12.7. The Bertz CT molecular complexity index is 1080. The molecule has 6 nitrogen and oxygen atoms in total. The second-order valence-corrected chi connectivity index (χ2v) is 6.25. The molecule has 0 radical (unpaired) electrons. The van der Waals surface area contributed by atoms with E-state index >= 15 is 0 Å². The molecule has 0 fully saturated rings. The number of amides is 1. The largest absolute Gasteiger partial charge is 0.360 e. The first-order valence-corrected chi connectivity index (χ1v) is 8.27. The van der Waals surface area contributed by atoms with Crippen molar-refractivity contribution in [3.05, 3.63) is 80.0 Å². The standard InChI is InChI=1S/C19H17N3O3/c23-17-9-8-11-15(21-17)6-3-7-16(11)22-19(25)13-10-20-14-5-2-1-4-12(14)18(13)24/h1-2,4-5,8-10,16H,3,6-7H2,(H,20,24)(H,21,23)(H,22,25)/t16-/m1/s1. The number of aryl methyl sites for hydroxylation is 1. The van der Waals surface area contributed by atoms with Crippen LogP contribution in [-0.2, 0) is 6.42 Å². The third kappa shape index (κ3) is 2.76. The number of H-pyrrole nitrogens is 2. The first-order valence-electron chi connectivity index (χ1n) is 8.27. The summed E-state index contributed by atoms with van der Waals surface area (Å²) in [4.78, 5) is 42.5. The van der Waals surface area contributed by atoms with Crippen LogP contribution in [0.2, 0.25) is 0 Å². The highest BCUT2D eigenvalue weighted by atomic mass is 16.2. The van der Waals surface area contributed by atoms with E-state index in [-0.39, 0.29) is 22.6 Å². The minimum Gasteiger partial charge on any atom is -0.360 e. The van der Waals surface area contributed by atoms with Gasteiger partial charge in [-0.05, 0) is 43.0 Å². The van der Waals surface area contributed by atoms with Gasteiger partial charge in [-0.25, -0.2) is 0 Å². The number of rotatable bonds is 2. The van der Waals surface area contributed by atoms with Crippen molar-refractivity contribution < 1.29 is 4.79 Å². The third-order valence-corrected chi connectivity index (χ3v) is 4.67. The quantitative estimate of drug-likeness (QED) is 0.669. The van der Waals surface area contributed by atoms with Crippen molar-refractivity contribution in [3.8, 4) is 0 Å². The molecule has 126 valence electrons. The molecular weight excluding hydrogens is 318 g/mol. The summed E-state index contributed by atoms with van der Waals surface area (Å²) in [6.07, 6.45) is 3.88. The molecule has 1 aromatic carbocycles. The average Bonchev–Trinajstić information content (AvgIpc) is 2.62. The van der Waals surface area contributed by atoms with Crippen LogP contribution in [0.4, 0.5) is 0 Å². The number of benzene rings is 1. The minimum atomic E-state index is -0.406. The Hall–Kier alpha value is -3.15. The molecule has 2 aromatic heterocycles. The summed E-state index contributed by atoms with van der Waals surface area (Å²) in [6, 6.07) is 10.1. The van der Waals surface area contributed by atoms with Crippen LogP contribution in [0.3, 0.4) is 0 Å². The summed E-state index contributed by atoms with van der Waals surface area (Å²) in [6.45, 7) is 0. The van der Waals surface area contributed by atoms with E-state index in [9.17, 15) is 14.4 Å². The highest BCUT2D eigenvalue weighted by Crippen LogP contribution is 2.27. The lowest BCUT2D eigenvalue weighted by Crippen LogP contribution is -2.34. The van der Waals surface area contributed by atoms with E-state index in [1.807, 2.05) is 6.07 Å². The van der Waals surface area contributed by atoms with Gasteiger partial charge in [0.15, 0.2) is 0 Å². The van der Waals surface area contributed by atoms with E-state index in [1.54, 1.807) is 24.3 Å². The molecule has 1 atom stereocenters. The predicted molar refractivity (Wildman–Crippen MR) is 94.8 cm³/mol. The van der Waals surface area contributed by atoms with Gasteiger partial charge >= 0.3 is 0 Å². The van der Waals surface area contributed by atoms with E-state index < -0.39 is 5.91 Å². The fourth-order valence-corrected chi connectivity index (χ4v) is 3.42. The first-order chi connectivity index (χ1) is 12.1. The fourth-order valence-electron chi connectivity index (χ4n) is 3.42. The Morgan fingerprint density at radius 1 is 1.12 bits per heavy atom. The molecule has 4 rings (SSSR count). The lowest BCUT2D eigenvalue weighted by Gasteiger charge is -2.25. The Balaban J connectivity index is 1.67. The van der Waals surface area contributed by atoms with E-state index in [2.05, 4.69) is 15.3 Å².